The van der Waals surface area contributed by atoms with Gasteiger partial charge in [0.25, 0.3) is 0 Å². The van der Waals surface area contributed by atoms with E-state index in [9.17, 15) is 0 Å². The summed E-state index contributed by atoms with van der Waals surface area (Å²) in [7, 11) is 0. The van der Waals surface area contributed by atoms with Gasteiger partial charge in [0.2, 0.25) is 0 Å². The number of rotatable bonds is 6. The highest BCUT2D eigenvalue weighted by Gasteiger charge is 2.08. The molecule has 1 nitrogen and oxygen atoms in total. The maximum Gasteiger partial charge on any atom is 0.00865 e. The number of unbranched alkanes of at least 4 members (excludes halogenated alkanes) is 2. The molecular formula is C13H21N. The lowest BCUT2D eigenvalue weighted by molar-refractivity contribution is 0.438. The lowest BCUT2D eigenvalue weighted by atomic mass is 9.94. The van der Waals surface area contributed by atoms with Gasteiger partial charge in [-0.25, -0.2) is 0 Å². The van der Waals surface area contributed by atoms with Crippen molar-refractivity contribution in [1.29, 1.82) is 0 Å². The molecule has 1 atom stereocenters. The molecule has 0 aromatic carbocycles. The summed E-state index contributed by atoms with van der Waals surface area (Å²) in [5.41, 5.74) is 0. The zero-order valence-corrected chi connectivity index (χ0v) is 8.97. The van der Waals surface area contributed by atoms with E-state index in [0.29, 0.717) is 0 Å². The molecule has 1 N–H and O–H groups in total. The Labute approximate surface area is 88.0 Å². The van der Waals surface area contributed by atoms with Crippen LogP contribution in [0.1, 0.15) is 38.5 Å². The maximum absolute atomic E-state index is 5.18. The van der Waals surface area contributed by atoms with Crippen molar-refractivity contribution in [3.63, 3.8) is 0 Å². The fourth-order valence-corrected chi connectivity index (χ4v) is 1.82. The molecule has 0 heterocycles. The number of nitrogens with one attached hydrogen (secondary N) is 1. The summed E-state index contributed by atoms with van der Waals surface area (Å²) in [6.45, 7) is 2.31. The van der Waals surface area contributed by atoms with Crippen LogP contribution in [-0.2, 0) is 0 Å². The lowest BCUT2D eigenvalue weighted by Crippen LogP contribution is -2.24. The minimum atomic E-state index is 0.868. The summed E-state index contributed by atoms with van der Waals surface area (Å²) in [6.07, 6.45) is 17.0. The van der Waals surface area contributed by atoms with Crippen LogP contribution < -0.4 is 5.32 Å². The molecule has 0 aromatic heterocycles. The van der Waals surface area contributed by atoms with Crippen LogP contribution in [-0.4, -0.2) is 13.1 Å². The van der Waals surface area contributed by atoms with Gasteiger partial charge in [0.1, 0.15) is 0 Å². The molecule has 0 saturated heterocycles. The minimum absolute atomic E-state index is 0.868. The highest BCUT2D eigenvalue weighted by molar-refractivity contribution is 4.90. The Kier molecular flexibility index (Phi) is 6.19. The number of allylic oxidation sites excluding steroid dienone is 2. The van der Waals surface area contributed by atoms with E-state index in [1.54, 1.807) is 0 Å². The van der Waals surface area contributed by atoms with Crippen molar-refractivity contribution < 1.29 is 0 Å². The first kappa shape index (κ1) is 11.3. The molecule has 1 rings (SSSR count). The molecule has 0 radical (unpaired) electrons. The van der Waals surface area contributed by atoms with E-state index in [-0.39, 0.29) is 0 Å². The third-order valence-corrected chi connectivity index (χ3v) is 2.74. The minimum Gasteiger partial charge on any atom is -0.316 e. The van der Waals surface area contributed by atoms with Gasteiger partial charge < -0.3 is 5.32 Å². The Hall–Kier alpha value is -0.740. The molecule has 0 spiro atoms. The second kappa shape index (κ2) is 7.64. The Morgan fingerprint density at radius 3 is 3.00 bits per heavy atom. The van der Waals surface area contributed by atoms with Crippen LogP contribution in [0.25, 0.3) is 0 Å². The molecule has 0 aromatic rings. The molecule has 14 heavy (non-hydrogen) atoms. The molecule has 1 aliphatic rings. The zero-order valence-electron chi connectivity index (χ0n) is 8.97. The van der Waals surface area contributed by atoms with Gasteiger partial charge in [0.15, 0.2) is 0 Å². The van der Waals surface area contributed by atoms with Crippen molar-refractivity contribution >= 4 is 0 Å². The number of hydrogen-bond acceptors (Lipinski definition) is 1. The largest absolute Gasteiger partial charge is 0.316 e. The first-order chi connectivity index (χ1) is 6.93. The molecule has 0 saturated carbocycles. The average Bonchev–Trinajstić information content (AvgIpc) is 2.25. The summed E-state index contributed by atoms with van der Waals surface area (Å²) in [6, 6.07) is 0. The second-order valence-electron chi connectivity index (χ2n) is 4.02. The predicted molar refractivity (Wildman–Crippen MR) is 62.0 cm³/mol. The van der Waals surface area contributed by atoms with E-state index in [4.69, 9.17) is 6.42 Å². The first-order valence-corrected chi connectivity index (χ1v) is 5.72. The van der Waals surface area contributed by atoms with Crippen LogP contribution >= 0.6 is 0 Å². The highest BCUT2D eigenvalue weighted by Crippen LogP contribution is 2.16. The monoisotopic (exact) mass is 191 g/mol. The van der Waals surface area contributed by atoms with Crippen molar-refractivity contribution in [3.8, 4) is 12.3 Å². The van der Waals surface area contributed by atoms with Gasteiger partial charge in [-0.3, -0.25) is 0 Å². The van der Waals surface area contributed by atoms with Crippen molar-refractivity contribution in [2.24, 2.45) is 5.92 Å². The topological polar surface area (TPSA) is 12.0 Å². The van der Waals surface area contributed by atoms with E-state index in [2.05, 4.69) is 23.4 Å². The molecule has 1 aliphatic carbocycles. The molecule has 0 aliphatic heterocycles. The Bertz CT molecular complexity index is 200. The number of terminal acetylenes is 1. The lowest BCUT2D eigenvalue weighted by Gasteiger charge is -2.17. The summed E-state index contributed by atoms with van der Waals surface area (Å²) < 4.78 is 0. The third kappa shape index (κ3) is 5.09. The van der Waals surface area contributed by atoms with Gasteiger partial charge in [-0.05, 0) is 51.1 Å². The van der Waals surface area contributed by atoms with Crippen molar-refractivity contribution in [1.82, 2.24) is 5.32 Å². The Morgan fingerprint density at radius 1 is 1.36 bits per heavy atom. The predicted octanol–water partition coefficient (Wildman–Crippen LogP) is 2.74. The molecule has 1 unspecified atom stereocenters. The standard InChI is InChI=1S/C13H21N/c1-2-3-4-8-11-14-12-13-9-6-5-7-10-13/h1,5-6,13-14H,3-4,7-12H2. The van der Waals surface area contributed by atoms with E-state index in [1.807, 2.05) is 0 Å². The van der Waals surface area contributed by atoms with Crippen LogP contribution in [0.2, 0.25) is 0 Å². The van der Waals surface area contributed by atoms with Gasteiger partial charge in [0, 0.05) is 6.42 Å². The maximum atomic E-state index is 5.18. The second-order valence-corrected chi connectivity index (χ2v) is 4.02. The molecule has 0 fully saturated rings. The third-order valence-electron chi connectivity index (χ3n) is 2.74. The number of hydrogen-bond donors (Lipinski definition) is 1. The first-order valence-electron chi connectivity index (χ1n) is 5.72. The Balaban J connectivity index is 1.88. The van der Waals surface area contributed by atoms with Crippen molar-refractivity contribution in [2.75, 3.05) is 13.1 Å². The van der Waals surface area contributed by atoms with E-state index >= 15 is 0 Å². The van der Waals surface area contributed by atoms with E-state index in [1.165, 1.54) is 32.2 Å². The smallest absolute Gasteiger partial charge is 0.00865 e. The van der Waals surface area contributed by atoms with Crippen LogP contribution in [0.3, 0.4) is 0 Å². The molecule has 78 valence electrons. The molecule has 0 amide bonds. The van der Waals surface area contributed by atoms with Gasteiger partial charge in [-0.15, -0.1) is 12.3 Å². The normalized spacial score (nSPS) is 20.6. The molecule has 1 heteroatoms. The van der Waals surface area contributed by atoms with Crippen molar-refractivity contribution in [2.45, 2.75) is 38.5 Å². The van der Waals surface area contributed by atoms with Crippen LogP contribution in [0, 0.1) is 18.3 Å². The van der Waals surface area contributed by atoms with Gasteiger partial charge in [-0.1, -0.05) is 12.2 Å². The van der Waals surface area contributed by atoms with E-state index in [0.717, 1.165) is 25.3 Å². The quantitative estimate of drug-likeness (QED) is 0.387. The fraction of sp³-hybridized carbons (Fsp3) is 0.692. The summed E-state index contributed by atoms with van der Waals surface area (Å²) in [5.74, 6) is 3.54. The SMILES string of the molecule is C#CCCCCNCC1CC=CCC1. The summed E-state index contributed by atoms with van der Waals surface area (Å²) >= 11 is 0. The van der Waals surface area contributed by atoms with Crippen LogP contribution in [0.15, 0.2) is 12.2 Å². The zero-order chi connectivity index (χ0) is 10.1. The summed E-state index contributed by atoms with van der Waals surface area (Å²) in [5, 5.41) is 3.51. The Morgan fingerprint density at radius 2 is 2.29 bits per heavy atom. The van der Waals surface area contributed by atoms with Crippen LogP contribution in [0.4, 0.5) is 0 Å². The van der Waals surface area contributed by atoms with Crippen LogP contribution in [0.5, 0.6) is 0 Å². The average molecular weight is 191 g/mol. The van der Waals surface area contributed by atoms with E-state index < -0.39 is 0 Å². The van der Waals surface area contributed by atoms with Gasteiger partial charge in [0.05, 0.1) is 0 Å². The summed E-state index contributed by atoms with van der Waals surface area (Å²) in [4.78, 5) is 0. The molecular weight excluding hydrogens is 170 g/mol. The fourth-order valence-electron chi connectivity index (χ4n) is 1.82. The molecule has 0 bridgehead atoms. The van der Waals surface area contributed by atoms with Crippen molar-refractivity contribution in [3.05, 3.63) is 12.2 Å². The van der Waals surface area contributed by atoms with Gasteiger partial charge >= 0.3 is 0 Å². The highest BCUT2D eigenvalue weighted by atomic mass is 14.8. The van der Waals surface area contributed by atoms with Gasteiger partial charge in [-0.2, -0.15) is 0 Å².